The molecule has 2 heterocycles. The van der Waals surface area contributed by atoms with Crippen LogP contribution in [0.3, 0.4) is 0 Å². The van der Waals surface area contributed by atoms with E-state index in [4.69, 9.17) is 10.1 Å². The highest BCUT2D eigenvalue weighted by Crippen LogP contribution is 2.30. The van der Waals surface area contributed by atoms with Gasteiger partial charge in [-0.25, -0.2) is 4.98 Å². The van der Waals surface area contributed by atoms with Crippen molar-refractivity contribution in [2.45, 2.75) is 27.3 Å². The Morgan fingerprint density at radius 1 is 1.09 bits per heavy atom. The van der Waals surface area contributed by atoms with E-state index in [2.05, 4.69) is 5.10 Å². The number of nitrogens with zero attached hydrogens (tertiary/aromatic N) is 3. The van der Waals surface area contributed by atoms with E-state index in [9.17, 15) is 5.11 Å². The van der Waals surface area contributed by atoms with Crippen molar-refractivity contribution in [3.63, 3.8) is 0 Å². The third kappa shape index (κ3) is 2.44. The number of fused-ring (bicyclic) bond motifs is 1. The van der Waals surface area contributed by atoms with Crippen molar-refractivity contribution >= 4 is 10.9 Å². The number of phenolic OH excluding ortho intramolecular Hbond substituents is 1. The molecule has 3 rings (SSSR count). The molecule has 22 heavy (non-hydrogen) atoms. The van der Waals surface area contributed by atoms with E-state index in [-0.39, 0.29) is 12.4 Å². The summed E-state index contributed by atoms with van der Waals surface area (Å²) in [5.41, 5.74) is 5.43. The molecule has 0 saturated carbocycles. The zero-order chi connectivity index (χ0) is 15.9. The smallest absolute Gasteiger partial charge is 0.119 e. The summed E-state index contributed by atoms with van der Waals surface area (Å²) in [6, 6.07) is 5.66. The second-order valence-electron chi connectivity index (χ2n) is 5.60. The number of hydrogen-bond donors (Lipinski definition) is 2. The number of benzene rings is 1. The summed E-state index contributed by atoms with van der Waals surface area (Å²) in [6.45, 7) is 6.34. The molecule has 114 valence electrons. The van der Waals surface area contributed by atoms with E-state index in [1.165, 1.54) is 0 Å². The molecule has 2 N–H and O–H groups in total. The molecular weight excluding hydrogens is 278 g/mol. The third-order valence-electron chi connectivity index (χ3n) is 3.88. The lowest BCUT2D eigenvalue weighted by molar-refractivity contribution is 0.269. The fourth-order valence-corrected chi connectivity index (χ4v) is 2.66. The van der Waals surface area contributed by atoms with Crippen LogP contribution in [-0.4, -0.2) is 31.6 Å². The maximum atomic E-state index is 9.87. The van der Waals surface area contributed by atoms with E-state index in [0.29, 0.717) is 6.54 Å². The molecule has 0 aliphatic rings. The second kappa shape index (κ2) is 5.42. The Hall–Kier alpha value is -2.40. The Kier molecular flexibility index (Phi) is 3.58. The predicted molar refractivity (Wildman–Crippen MR) is 85.9 cm³/mol. The molecule has 1 aromatic carbocycles. The van der Waals surface area contributed by atoms with Gasteiger partial charge < -0.3 is 10.2 Å². The highest BCUT2D eigenvalue weighted by Gasteiger charge is 2.12. The molecule has 0 atom stereocenters. The van der Waals surface area contributed by atoms with Gasteiger partial charge in [0.05, 0.1) is 30.1 Å². The SMILES string of the molecule is Cc1cc2nc(-c3cn(CCO)nc3C)cc(C)c2cc1O. The average Bonchev–Trinajstić information content (AvgIpc) is 2.82. The minimum absolute atomic E-state index is 0.0587. The minimum atomic E-state index is 0.0587. The van der Waals surface area contributed by atoms with Crippen LogP contribution in [0.1, 0.15) is 16.8 Å². The fraction of sp³-hybridized carbons (Fsp3) is 0.294. The molecule has 0 unspecified atom stereocenters. The molecular formula is C17H19N3O2. The van der Waals surface area contributed by atoms with Gasteiger partial charge in [-0.1, -0.05) is 0 Å². The Morgan fingerprint density at radius 2 is 1.86 bits per heavy atom. The molecule has 2 aromatic heterocycles. The molecule has 0 aliphatic carbocycles. The van der Waals surface area contributed by atoms with Gasteiger partial charge in [0.15, 0.2) is 0 Å². The van der Waals surface area contributed by atoms with Gasteiger partial charge in [-0.05, 0) is 50.1 Å². The number of aliphatic hydroxyl groups is 1. The van der Waals surface area contributed by atoms with Crippen LogP contribution < -0.4 is 0 Å². The van der Waals surface area contributed by atoms with E-state index in [0.717, 1.165) is 39.0 Å². The summed E-state index contributed by atoms with van der Waals surface area (Å²) in [4.78, 5) is 4.72. The molecule has 5 heteroatoms. The van der Waals surface area contributed by atoms with Crippen LogP contribution in [0.15, 0.2) is 24.4 Å². The van der Waals surface area contributed by atoms with Crippen molar-refractivity contribution in [1.29, 1.82) is 0 Å². The van der Waals surface area contributed by atoms with Crippen molar-refractivity contribution in [2.24, 2.45) is 0 Å². The van der Waals surface area contributed by atoms with Gasteiger partial charge in [-0.2, -0.15) is 5.10 Å². The zero-order valence-electron chi connectivity index (χ0n) is 13.0. The zero-order valence-corrected chi connectivity index (χ0v) is 13.0. The van der Waals surface area contributed by atoms with Crippen LogP contribution in [0, 0.1) is 20.8 Å². The molecule has 0 spiro atoms. The summed E-state index contributed by atoms with van der Waals surface area (Å²) in [5, 5.41) is 24.2. The Morgan fingerprint density at radius 3 is 2.59 bits per heavy atom. The van der Waals surface area contributed by atoms with Crippen LogP contribution in [0.5, 0.6) is 5.75 Å². The lowest BCUT2D eigenvalue weighted by Gasteiger charge is -2.08. The largest absolute Gasteiger partial charge is 0.508 e. The quantitative estimate of drug-likeness (QED) is 0.780. The highest BCUT2D eigenvalue weighted by molar-refractivity contribution is 5.87. The first kappa shape index (κ1) is 14.5. The summed E-state index contributed by atoms with van der Waals surface area (Å²) < 4.78 is 1.73. The monoisotopic (exact) mass is 297 g/mol. The maximum Gasteiger partial charge on any atom is 0.119 e. The first-order valence-electron chi connectivity index (χ1n) is 7.26. The van der Waals surface area contributed by atoms with Crippen molar-refractivity contribution in [2.75, 3.05) is 6.61 Å². The Balaban J connectivity index is 2.17. The number of rotatable bonds is 3. The number of aromatic hydroxyl groups is 1. The van der Waals surface area contributed by atoms with E-state index in [1.54, 1.807) is 10.7 Å². The van der Waals surface area contributed by atoms with Gasteiger partial charge in [-0.3, -0.25) is 4.68 Å². The molecule has 0 fully saturated rings. The second-order valence-corrected chi connectivity index (χ2v) is 5.60. The van der Waals surface area contributed by atoms with E-state index < -0.39 is 0 Å². The number of hydrogen-bond acceptors (Lipinski definition) is 4. The Labute approximate surface area is 128 Å². The standard InChI is InChI=1S/C17H19N3O2/c1-10-6-16(14-9-20(4-5-21)19-12(14)3)18-15-7-11(2)17(22)8-13(10)15/h6-9,21-22H,4-5H2,1-3H3. The van der Waals surface area contributed by atoms with Crippen LogP contribution in [-0.2, 0) is 6.54 Å². The van der Waals surface area contributed by atoms with Crippen LogP contribution in [0.4, 0.5) is 0 Å². The molecule has 0 bridgehead atoms. The van der Waals surface area contributed by atoms with E-state index >= 15 is 0 Å². The van der Waals surface area contributed by atoms with Gasteiger partial charge in [0, 0.05) is 17.1 Å². The molecule has 0 aliphatic heterocycles. The highest BCUT2D eigenvalue weighted by atomic mass is 16.3. The van der Waals surface area contributed by atoms with Gasteiger partial charge in [0.1, 0.15) is 5.75 Å². The van der Waals surface area contributed by atoms with Crippen LogP contribution in [0.25, 0.3) is 22.2 Å². The number of pyridine rings is 1. The topological polar surface area (TPSA) is 71.2 Å². The molecule has 3 aromatic rings. The Bertz CT molecular complexity index is 853. The van der Waals surface area contributed by atoms with Crippen molar-refractivity contribution in [3.8, 4) is 17.0 Å². The third-order valence-corrected chi connectivity index (χ3v) is 3.88. The molecule has 5 nitrogen and oxygen atoms in total. The van der Waals surface area contributed by atoms with Crippen molar-refractivity contribution in [3.05, 3.63) is 41.2 Å². The first-order chi connectivity index (χ1) is 10.5. The maximum absolute atomic E-state index is 9.87. The first-order valence-corrected chi connectivity index (χ1v) is 7.26. The summed E-state index contributed by atoms with van der Waals surface area (Å²) in [5.74, 6) is 0.289. The summed E-state index contributed by atoms with van der Waals surface area (Å²) in [7, 11) is 0. The normalized spacial score (nSPS) is 11.3. The van der Waals surface area contributed by atoms with Crippen molar-refractivity contribution < 1.29 is 10.2 Å². The lowest BCUT2D eigenvalue weighted by atomic mass is 10.0. The number of aromatic nitrogens is 3. The molecule has 0 saturated heterocycles. The lowest BCUT2D eigenvalue weighted by Crippen LogP contribution is -2.02. The summed E-state index contributed by atoms with van der Waals surface area (Å²) >= 11 is 0. The van der Waals surface area contributed by atoms with Crippen molar-refractivity contribution in [1.82, 2.24) is 14.8 Å². The van der Waals surface area contributed by atoms with Gasteiger partial charge in [0.25, 0.3) is 0 Å². The van der Waals surface area contributed by atoms with Gasteiger partial charge in [-0.15, -0.1) is 0 Å². The predicted octanol–water partition coefficient (Wildman–Crippen LogP) is 2.72. The number of aryl methyl sites for hydroxylation is 3. The van der Waals surface area contributed by atoms with E-state index in [1.807, 2.05) is 39.1 Å². The summed E-state index contributed by atoms with van der Waals surface area (Å²) in [6.07, 6.45) is 1.91. The number of phenols is 1. The van der Waals surface area contributed by atoms with Gasteiger partial charge in [0.2, 0.25) is 0 Å². The van der Waals surface area contributed by atoms with Crippen LogP contribution in [0.2, 0.25) is 0 Å². The molecule has 0 amide bonds. The molecule has 0 radical (unpaired) electrons. The average molecular weight is 297 g/mol. The number of aliphatic hydroxyl groups excluding tert-OH is 1. The fourth-order valence-electron chi connectivity index (χ4n) is 2.66. The minimum Gasteiger partial charge on any atom is -0.508 e. The van der Waals surface area contributed by atoms with Crippen LogP contribution >= 0.6 is 0 Å². The van der Waals surface area contributed by atoms with Gasteiger partial charge >= 0.3 is 0 Å².